The molecule has 9 heavy (non-hydrogen) atoms. The highest BCUT2D eigenvalue weighted by Gasteiger charge is 2.06. The first kappa shape index (κ1) is 6.95. The smallest absolute Gasteiger partial charge is 0.0674 e. The molecule has 0 aliphatic carbocycles. The average Bonchev–Trinajstić information content (AvgIpc) is 1.91. The highest BCUT2D eigenvalue weighted by Crippen LogP contribution is 1.90. The molecule has 1 saturated heterocycles. The van der Waals surface area contributed by atoms with Gasteiger partial charge in [-0.3, -0.25) is 4.84 Å². The first-order valence-electron chi connectivity index (χ1n) is 3.32. The summed E-state index contributed by atoms with van der Waals surface area (Å²) in [4.78, 5) is 5.14. The lowest BCUT2D eigenvalue weighted by atomic mass is 10.4. The van der Waals surface area contributed by atoms with Crippen molar-refractivity contribution in [3.63, 3.8) is 0 Å². The Kier molecular flexibility index (Phi) is 2.93. The minimum atomic E-state index is 0.717. The van der Waals surface area contributed by atoms with Crippen LogP contribution in [-0.2, 0) is 4.84 Å². The molecule has 0 aromatic rings. The molecule has 0 bridgehead atoms. The van der Waals surface area contributed by atoms with Crippen LogP contribution in [0.5, 0.6) is 0 Å². The molecule has 0 atom stereocenters. The van der Waals surface area contributed by atoms with E-state index in [2.05, 4.69) is 11.0 Å². The fourth-order valence-corrected chi connectivity index (χ4v) is 0.764. The molecule has 0 spiro atoms. The Balaban J connectivity index is 2.08. The monoisotopic (exact) mass is 131 g/mol. The van der Waals surface area contributed by atoms with E-state index in [0.717, 1.165) is 19.5 Å². The molecular formula is C5H13N3O. The van der Waals surface area contributed by atoms with Gasteiger partial charge in [-0.25, -0.2) is 5.43 Å². The second-order valence-electron chi connectivity index (χ2n) is 1.91. The van der Waals surface area contributed by atoms with Crippen molar-refractivity contribution in [3.8, 4) is 0 Å². The molecule has 1 aliphatic rings. The number of nitrogens with zero attached hydrogens (tertiary/aromatic N) is 1. The summed E-state index contributed by atoms with van der Waals surface area (Å²) in [6.07, 6.45) is 1.13. The van der Waals surface area contributed by atoms with Crippen molar-refractivity contribution in [2.45, 2.75) is 13.3 Å². The first-order valence-corrected chi connectivity index (χ1v) is 3.32. The molecule has 0 amide bonds. The van der Waals surface area contributed by atoms with E-state index in [1.165, 1.54) is 0 Å². The van der Waals surface area contributed by atoms with Crippen LogP contribution in [0, 0.1) is 0 Å². The zero-order valence-corrected chi connectivity index (χ0v) is 5.68. The normalized spacial score (nSPS) is 22.3. The molecule has 4 heteroatoms. The van der Waals surface area contributed by atoms with Gasteiger partial charge in [0.1, 0.15) is 0 Å². The Bertz CT molecular complexity index is 69.8. The summed E-state index contributed by atoms with van der Waals surface area (Å²) in [5, 5.41) is 1.71. The molecule has 1 heterocycles. The quantitative estimate of drug-likeness (QED) is 0.537. The van der Waals surface area contributed by atoms with E-state index in [-0.39, 0.29) is 0 Å². The Morgan fingerprint density at radius 2 is 2.56 bits per heavy atom. The largest absolute Gasteiger partial charge is 0.283 e. The van der Waals surface area contributed by atoms with E-state index in [1.54, 1.807) is 5.17 Å². The highest BCUT2D eigenvalue weighted by molar-refractivity contribution is 4.48. The lowest BCUT2D eigenvalue weighted by Crippen LogP contribution is -2.52. The zero-order valence-electron chi connectivity index (χ0n) is 5.68. The van der Waals surface area contributed by atoms with Crippen molar-refractivity contribution >= 4 is 0 Å². The van der Waals surface area contributed by atoms with Crippen LogP contribution < -0.4 is 11.0 Å². The Labute approximate surface area is 55.1 Å². The van der Waals surface area contributed by atoms with Gasteiger partial charge in [-0.2, -0.15) is 5.53 Å². The maximum atomic E-state index is 5.14. The van der Waals surface area contributed by atoms with Gasteiger partial charge in [0.05, 0.1) is 6.61 Å². The summed E-state index contributed by atoms with van der Waals surface area (Å²) in [5.41, 5.74) is 5.85. The lowest BCUT2D eigenvalue weighted by Gasteiger charge is -2.26. The minimum Gasteiger partial charge on any atom is -0.283 e. The van der Waals surface area contributed by atoms with E-state index in [9.17, 15) is 0 Å². The van der Waals surface area contributed by atoms with Crippen molar-refractivity contribution in [2.24, 2.45) is 0 Å². The van der Waals surface area contributed by atoms with Crippen LogP contribution >= 0.6 is 0 Å². The van der Waals surface area contributed by atoms with E-state index in [0.29, 0.717) is 6.61 Å². The molecule has 2 N–H and O–H groups in total. The van der Waals surface area contributed by atoms with Crippen LogP contribution in [0.1, 0.15) is 13.3 Å². The van der Waals surface area contributed by atoms with E-state index in [1.807, 2.05) is 6.92 Å². The number of hydroxylamine groups is 1. The average molecular weight is 131 g/mol. The fourth-order valence-electron chi connectivity index (χ4n) is 0.764. The second-order valence-corrected chi connectivity index (χ2v) is 1.91. The Morgan fingerprint density at radius 1 is 1.67 bits per heavy atom. The molecule has 54 valence electrons. The van der Waals surface area contributed by atoms with Crippen LogP contribution in [0.4, 0.5) is 0 Å². The van der Waals surface area contributed by atoms with E-state index < -0.39 is 0 Å². The third-order valence-electron chi connectivity index (χ3n) is 1.15. The zero-order chi connectivity index (χ0) is 6.53. The van der Waals surface area contributed by atoms with E-state index >= 15 is 0 Å². The molecule has 0 aromatic carbocycles. The fraction of sp³-hybridized carbons (Fsp3) is 1.00. The van der Waals surface area contributed by atoms with Gasteiger partial charge in [0.25, 0.3) is 0 Å². The molecule has 0 aromatic heterocycles. The number of nitrogens with one attached hydrogen (secondary N) is 2. The Hall–Kier alpha value is -0.160. The van der Waals surface area contributed by atoms with Crippen molar-refractivity contribution in [1.82, 2.24) is 16.1 Å². The highest BCUT2D eigenvalue weighted by atomic mass is 16.7. The maximum absolute atomic E-state index is 5.14. The van der Waals surface area contributed by atoms with Crippen LogP contribution in [-0.4, -0.2) is 24.9 Å². The van der Waals surface area contributed by atoms with Crippen LogP contribution in [0.3, 0.4) is 0 Å². The molecule has 0 unspecified atom stereocenters. The SMILES string of the molecule is CCON1CCCNN1. The van der Waals surface area contributed by atoms with Crippen molar-refractivity contribution in [3.05, 3.63) is 0 Å². The lowest BCUT2D eigenvalue weighted by molar-refractivity contribution is -0.211. The van der Waals surface area contributed by atoms with Gasteiger partial charge >= 0.3 is 0 Å². The molecule has 1 aliphatic heterocycles. The van der Waals surface area contributed by atoms with Gasteiger partial charge in [0, 0.05) is 13.1 Å². The Morgan fingerprint density at radius 3 is 3.11 bits per heavy atom. The van der Waals surface area contributed by atoms with E-state index in [4.69, 9.17) is 4.84 Å². The maximum Gasteiger partial charge on any atom is 0.0674 e. The number of hydrogen-bond donors (Lipinski definition) is 2. The summed E-state index contributed by atoms with van der Waals surface area (Å²) in [6, 6.07) is 0. The molecular weight excluding hydrogens is 118 g/mol. The van der Waals surface area contributed by atoms with Gasteiger partial charge in [0.15, 0.2) is 0 Å². The van der Waals surface area contributed by atoms with Crippen LogP contribution in [0.2, 0.25) is 0 Å². The topological polar surface area (TPSA) is 36.5 Å². The third kappa shape index (κ3) is 2.28. The van der Waals surface area contributed by atoms with Crippen molar-refractivity contribution < 1.29 is 4.84 Å². The van der Waals surface area contributed by atoms with Crippen LogP contribution in [0.25, 0.3) is 0 Å². The summed E-state index contributed by atoms with van der Waals surface area (Å²) in [7, 11) is 0. The van der Waals surface area contributed by atoms with Crippen molar-refractivity contribution in [2.75, 3.05) is 19.7 Å². The predicted octanol–water partition coefficient (Wildman–Crippen LogP) is -0.347. The number of hydrazine groups is 2. The van der Waals surface area contributed by atoms with Gasteiger partial charge < -0.3 is 0 Å². The molecule has 4 nitrogen and oxygen atoms in total. The number of rotatable bonds is 2. The van der Waals surface area contributed by atoms with Crippen molar-refractivity contribution in [1.29, 1.82) is 0 Å². The molecule has 0 saturated carbocycles. The second kappa shape index (κ2) is 3.79. The van der Waals surface area contributed by atoms with Gasteiger partial charge in [-0.05, 0) is 13.3 Å². The van der Waals surface area contributed by atoms with Gasteiger partial charge in [0.2, 0.25) is 0 Å². The first-order chi connectivity index (χ1) is 4.43. The molecule has 0 radical (unpaired) electrons. The van der Waals surface area contributed by atoms with Crippen LogP contribution in [0.15, 0.2) is 0 Å². The summed E-state index contributed by atoms with van der Waals surface area (Å²) in [6.45, 7) is 4.66. The molecule has 1 fully saturated rings. The molecule has 1 rings (SSSR count). The van der Waals surface area contributed by atoms with Gasteiger partial charge in [-0.1, -0.05) is 0 Å². The number of hydrogen-bond acceptors (Lipinski definition) is 4. The standard InChI is InChI=1S/C5H13N3O/c1-2-9-8-5-3-4-6-7-8/h6-7H,2-5H2,1H3. The summed E-state index contributed by atoms with van der Waals surface area (Å²) < 4.78 is 0. The summed E-state index contributed by atoms with van der Waals surface area (Å²) in [5.74, 6) is 0. The minimum absolute atomic E-state index is 0.717. The predicted molar refractivity (Wildman–Crippen MR) is 34.1 cm³/mol. The summed E-state index contributed by atoms with van der Waals surface area (Å²) >= 11 is 0. The van der Waals surface area contributed by atoms with Gasteiger partial charge in [-0.15, -0.1) is 5.17 Å². The third-order valence-corrected chi connectivity index (χ3v) is 1.15.